The molecule has 0 bridgehead atoms. The molecule has 0 aliphatic carbocycles. The third-order valence-corrected chi connectivity index (χ3v) is 7.00. The number of hydrogen-bond donors (Lipinski definition) is 1. The number of thiocarbonyl (C=S) groups is 2. The quantitative estimate of drug-likeness (QED) is 0.0914. The fourth-order valence-electron chi connectivity index (χ4n) is 2.28. The van der Waals surface area contributed by atoms with E-state index in [0.29, 0.717) is 32.7 Å². The second kappa shape index (κ2) is 49.2. The number of rotatable bonds is 13. The zero-order chi connectivity index (χ0) is 28.4. The van der Waals surface area contributed by atoms with Crippen LogP contribution in [0.4, 0.5) is 0 Å². The Balaban J connectivity index is -0.0000000659. The van der Waals surface area contributed by atoms with Gasteiger partial charge in [-0.3, -0.25) is 15.3 Å². The van der Waals surface area contributed by atoms with Crippen LogP contribution >= 0.6 is 48.0 Å². The van der Waals surface area contributed by atoms with E-state index in [-0.39, 0.29) is 112 Å². The van der Waals surface area contributed by atoms with Crippen LogP contribution in [0, 0.1) is 36.9 Å². The summed E-state index contributed by atoms with van der Waals surface area (Å²) in [6.45, 7) is 7.19. The Kier molecular flexibility index (Phi) is 72.7. The molecule has 11 heteroatoms. The maximum Gasteiger partial charge on any atom is 0.316 e. The fourth-order valence-corrected chi connectivity index (χ4v) is 4.23. The molecule has 0 atom stereocenters. The molecule has 2 aromatic carbocycles. The van der Waals surface area contributed by atoms with E-state index in [1.807, 2.05) is 87.2 Å². The van der Waals surface area contributed by atoms with E-state index in [1.165, 1.54) is 23.5 Å². The molecule has 0 spiro atoms. The minimum Gasteiger partial charge on any atom is -0.466 e. The van der Waals surface area contributed by atoms with Gasteiger partial charge in [-0.05, 0) is 30.4 Å². The van der Waals surface area contributed by atoms with E-state index in [1.54, 1.807) is 0 Å². The van der Waals surface area contributed by atoms with Crippen molar-refractivity contribution in [3.05, 3.63) is 77.5 Å². The number of benzene rings is 2. The van der Waals surface area contributed by atoms with Gasteiger partial charge in [0, 0.05) is 66.9 Å². The van der Waals surface area contributed by atoms with Crippen molar-refractivity contribution in [1.82, 2.24) is 0 Å². The van der Waals surface area contributed by atoms with Gasteiger partial charge < -0.3 is 26.3 Å². The third-order valence-electron chi connectivity index (χ3n) is 4.15. The second-order valence-electron chi connectivity index (χ2n) is 7.58. The van der Waals surface area contributed by atoms with Gasteiger partial charge in [0.1, 0.15) is 0 Å². The van der Waals surface area contributed by atoms with Crippen LogP contribution in [-0.4, -0.2) is 51.0 Å². The van der Waals surface area contributed by atoms with E-state index in [9.17, 15) is 9.59 Å². The number of aliphatic hydroxyl groups excluding tert-OH is 1. The van der Waals surface area contributed by atoms with Crippen molar-refractivity contribution in [2.75, 3.05) is 25.6 Å². The Morgan fingerprint density at radius 1 is 0.717 bits per heavy atom. The van der Waals surface area contributed by atoms with Gasteiger partial charge in [-0.15, -0.1) is 11.8 Å². The van der Waals surface area contributed by atoms with Crippen LogP contribution in [0.2, 0.25) is 0 Å². The molecule has 0 saturated carbocycles. The normalized spacial score (nSPS) is 8.00. The van der Waals surface area contributed by atoms with Crippen LogP contribution in [0.5, 0.6) is 0 Å². The van der Waals surface area contributed by atoms with Gasteiger partial charge in [0.15, 0.2) is 0 Å². The Labute approximate surface area is 339 Å². The Bertz CT molecular complexity index is 922. The maximum absolute atomic E-state index is 11.2. The Hall–Kier alpha value is -0.144. The van der Waals surface area contributed by atoms with Gasteiger partial charge in [0.05, 0.1) is 23.2 Å². The van der Waals surface area contributed by atoms with Crippen molar-refractivity contribution in [2.45, 2.75) is 97.4 Å². The third kappa shape index (κ3) is 40.0. The average molecular weight is 981 g/mol. The molecule has 2 rings (SSSR count). The number of carbonyl (C=O) groups is 2. The first-order valence-corrected chi connectivity index (χ1v) is 15.3. The Morgan fingerprint density at radius 3 is 1.50 bits per heavy atom. The van der Waals surface area contributed by atoms with Crippen molar-refractivity contribution in [3.8, 4) is 0 Å². The molecule has 0 heterocycles. The van der Waals surface area contributed by atoms with Gasteiger partial charge in [0.2, 0.25) is 0 Å². The topological polar surface area (TPSA) is 72.8 Å². The number of hydrogen-bond acceptors (Lipinski definition) is 9. The van der Waals surface area contributed by atoms with E-state index < -0.39 is 0 Å². The predicted octanol–water partition coefficient (Wildman–Crippen LogP) is 11.2. The van der Waals surface area contributed by atoms with E-state index in [4.69, 9.17) is 39.0 Å². The van der Waals surface area contributed by atoms with Gasteiger partial charge in [0.25, 0.3) is 0 Å². The summed E-state index contributed by atoms with van der Waals surface area (Å²) in [5.41, 5.74) is 2.02. The van der Waals surface area contributed by atoms with Crippen LogP contribution < -0.4 is 0 Å². The van der Waals surface area contributed by atoms with Crippen molar-refractivity contribution in [1.29, 1.82) is 0 Å². The van der Waals surface area contributed by atoms with Gasteiger partial charge in [-0.1, -0.05) is 150 Å². The standard InChI is InChI=1S/C14H17O2S2.C12H14O2S2.C3H8O.6CH4.U.V/c1-2-10-16-13(15)9-6-11-18-14(17)12-7-4-3-5-8-12;1-2-8-14-11(13)9-16-12(15)10-6-4-3-5-7-10;1-2-3-4;;;;;;;;/h3-5,7-8,11H,2,6,9-10H2,1H3;3-7H,2,8-9H2,1H3;4H,2-3H2,1H3;6*1H4;;/q-1;;;;;;;;;;. The number of thioether (sulfide) groups is 2. The monoisotopic (exact) mass is 980 g/mol. The molecule has 1 N–H and O–H groups in total. The Morgan fingerprint density at radius 2 is 1.11 bits per heavy atom. The minimum absolute atomic E-state index is 0. The van der Waals surface area contributed by atoms with Gasteiger partial charge >= 0.3 is 11.9 Å². The smallest absolute Gasteiger partial charge is 0.316 e. The second-order valence-corrected chi connectivity index (χ2v) is 10.9. The van der Waals surface area contributed by atoms with Gasteiger partial charge in [-0.25, -0.2) is 0 Å². The van der Waals surface area contributed by atoms with Crippen molar-refractivity contribution in [3.63, 3.8) is 0 Å². The van der Waals surface area contributed by atoms with Crippen LogP contribution in [0.3, 0.4) is 0 Å². The summed E-state index contributed by atoms with van der Waals surface area (Å²) in [5.74, 6) is 1.90. The minimum atomic E-state index is -0.204. The molecule has 0 unspecified atom stereocenters. The van der Waals surface area contributed by atoms with E-state index in [2.05, 4.69) is 0 Å². The summed E-state index contributed by atoms with van der Waals surface area (Å²) in [6.07, 6.45) is 3.69. The molecule has 1 radical (unpaired) electrons. The summed E-state index contributed by atoms with van der Waals surface area (Å²) in [6, 6.07) is 19.5. The molecule has 0 aliphatic rings. The molecule has 0 fully saturated rings. The zero-order valence-corrected chi connectivity index (χ0v) is 32.2. The van der Waals surface area contributed by atoms with Crippen molar-refractivity contribution >= 4 is 68.3 Å². The summed E-state index contributed by atoms with van der Waals surface area (Å²) in [4.78, 5) is 22.5. The average Bonchev–Trinajstić information content (AvgIpc) is 2.97. The summed E-state index contributed by atoms with van der Waals surface area (Å²) in [5, 5.41) is 7.88. The molecule has 2 aromatic rings. The summed E-state index contributed by atoms with van der Waals surface area (Å²) < 4.78 is 11.5. The van der Waals surface area contributed by atoms with Crippen molar-refractivity contribution in [2.24, 2.45) is 0 Å². The first-order chi connectivity index (χ1) is 18.4. The number of aliphatic hydroxyl groups is 1. The van der Waals surface area contributed by atoms with E-state index in [0.717, 1.165) is 38.8 Å². The first kappa shape index (κ1) is 67.9. The molecular formula is C35H63O5S4UV-. The van der Waals surface area contributed by atoms with Crippen molar-refractivity contribution < 1.29 is 73.8 Å². The molecule has 46 heavy (non-hydrogen) atoms. The molecule has 267 valence electrons. The van der Waals surface area contributed by atoms with E-state index >= 15 is 0 Å². The first-order valence-electron chi connectivity index (χ1n) is 12.6. The zero-order valence-electron chi connectivity index (χ0n) is 23.4. The molecular weight excluding hydrogens is 918 g/mol. The number of carbonyl (C=O) groups excluding carboxylic acids is 2. The predicted molar refractivity (Wildman–Crippen MR) is 210 cm³/mol. The summed E-state index contributed by atoms with van der Waals surface area (Å²) >= 11 is 13.3. The summed E-state index contributed by atoms with van der Waals surface area (Å²) in [7, 11) is 0. The molecule has 0 saturated heterocycles. The van der Waals surface area contributed by atoms with Crippen LogP contribution in [0.1, 0.15) is 109 Å². The largest absolute Gasteiger partial charge is 0.466 e. The number of ether oxygens (including phenoxy) is 2. The molecule has 0 amide bonds. The molecule has 5 nitrogen and oxygen atoms in total. The number of esters is 2. The molecule has 0 aromatic heterocycles. The fraction of sp³-hybridized carbons (Fsp3) is 0.514. The molecule has 0 aliphatic heterocycles. The SMILES string of the molecule is C.C.C.C.C.C.CCCO.CCCOC(=O)CC[CH-]SC(=S)c1ccccc1.CCCOC(=O)CSC(=S)c1ccccc1.[U].[V]. The maximum atomic E-state index is 11.2. The van der Waals surface area contributed by atoms with Crippen LogP contribution in [0.15, 0.2) is 60.7 Å². The van der Waals surface area contributed by atoms with Crippen LogP contribution in [-0.2, 0) is 37.6 Å². The van der Waals surface area contributed by atoms with Gasteiger partial charge in [-0.2, -0.15) is 6.42 Å². The van der Waals surface area contributed by atoms with Crippen LogP contribution in [0.25, 0.3) is 0 Å².